The molecular formula is C13H17BrN2S. The number of nitrogens with one attached hydrogen (secondary N) is 1. The number of aryl methyl sites for hydroxylation is 1. The van der Waals surface area contributed by atoms with Gasteiger partial charge in [0, 0.05) is 10.2 Å². The fourth-order valence-electron chi connectivity index (χ4n) is 1.77. The number of halogens is 1. The second kappa shape index (κ2) is 5.91. The maximum absolute atomic E-state index is 4.71. The molecule has 0 spiro atoms. The highest BCUT2D eigenvalue weighted by Gasteiger charge is 2.14. The zero-order valence-corrected chi connectivity index (χ0v) is 12.6. The summed E-state index contributed by atoms with van der Waals surface area (Å²) < 4.78 is 1.09. The standard InChI is InChI=1S/C13H17BrN2S/c1-3-10-6-7-17-13(15-10)16-12-8-9(2)4-5-11(12)14/h4-5,8,10H,3,6-7H2,1-2H3,(H,15,16). The molecule has 0 saturated heterocycles. The molecule has 0 aromatic heterocycles. The van der Waals surface area contributed by atoms with Gasteiger partial charge in [0.05, 0.1) is 11.7 Å². The molecule has 0 fully saturated rings. The fourth-order valence-corrected chi connectivity index (χ4v) is 3.11. The first-order valence-corrected chi connectivity index (χ1v) is 7.70. The molecule has 0 radical (unpaired) electrons. The van der Waals surface area contributed by atoms with E-state index in [1.54, 1.807) is 0 Å². The summed E-state index contributed by atoms with van der Waals surface area (Å²) in [5, 5.41) is 4.47. The molecule has 0 bridgehead atoms. The molecule has 1 heterocycles. The number of hydrogen-bond donors (Lipinski definition) is 1. The third-order valence-corrected chi connectivity index (χ3v) is 4.44. The van der Waals surface area contributed by atoms with E-state index in [1.807, 2.05) is 11.8 Å². The lowest BCUT2D eigenvalue weighted by Gasteiger charge is -2.20. The Balaban J connectivity index is 2.15. The molecule has 1 aromatic carbocycles. The van der Waals surface area contributed by atoms with Crippen LogP contribution < -0.4 is 5.32 Å². The van der Waals surface area contributed by atoms with E-state index in [1.165, 1.54) is 12.0 Å². The van der Waals surface area contributed by atoms with Crippen LogP contribution in [0.5, 0.6) is 0 Å². The van der Waals surface area contributed by atoms with Crippen molar-refractivity contribution in [1.82, 2.24) is 0 Å². The highest BCUT2D eigenvalue weighted by molar-refractivity contribution is 9.10. The minimum absolute atomic E-state index is 0.488. The average molecular weight is 313 g/mol. The summed E-state index contributed by atoms with van der Waals surface area (Å²) in [7, 11) is 0. The Labute approximate surface area is 115 Å². The van der Waals surface area contributed by atoms with Crippen molar-refractivity contribution in [1.29, 1.82) is 0 Å². The molecule has 0 amide bonds. The monoisotopic (exact) mass is 312 g/mol. The third-order valence-electron chi connectivity index (χ3n) is 2.82. The van der Waals surface area contributed by atoms with Gasteiger partial charge < -0.3 is 5.32 Å². The Bertz CT molecular complexity index is 431. The van der Waals surface area contributed by atoms with Crippen molar-refractivity contribution < 1.29 is 0 Å². The predicted molar refractivity (Wildman–Crippen MR) is 81.1 cm³/mol. The largest absolute Gasteiger partial charge is 0.334 e. The van der Waals surface area contributed by atoms with Gasteiger partial charge in [0.15, 0.2) is 5.17 Å². The van der Waals surface area contributed by atoms with E-state index in [4.69, 9.17) is 4.99 Å². The highest BCUT2D eigenvalue weighted by atomic mass is 79.9. The quantitative estimate of drug-likeness (QED) is 0.873. The van der Waals surface area contributed by atoms with Crippen molar-refractivity contribution in [2.75, 3.05) is 11.1 Å². The Hall–Kier alpha value is -0.480. The van der Waals surface area contributed by atoms with E-state index >= 15 is 0 Å². The van der Waals surface area contributed by atoms with Crippen LogP contribution >= 0.6 is 27.7 Å². The Morgan fingerprint density at radius 3 is 3.12 bits per heavy atom. The molecule has 1 N–H and O–H groups in total. The summed E-state index contributed by atoms with van der Waals surface area (Å²) in [6.45, 7) is 4.30. The number of amidine groups is 1. The predicted octanol–water partition coefficient (Wildman–Crippen LogP) is 4.44. The first-order chi connectivity index (χ1) is 8.19. The summed E-state index contributed by atoms with van der Waals surface area (Å²) in [4.78, 5) is 4.71. The number of hydrogen-bond acceptors (Lipinski definition) is 3. The molecule has 1 atom stereocenters. The minimum Gasteiger partial charge on any atom is -0.334 e. The SMILES string of the molecule is CCC1CCSC(Nc2cc(C)ccc2Br)=N1. The normalized spacial score (nSPS) is 19.9. The van der Waals surface area contributed by atoms with Crippen LogP contribution in [0.15, 0.2) is 27.7 Å². The van der Waals surface area contributed by atoms with Crippen molar-refractivity contribution in [3.8, 4) is 0 Å². The molecule has 2 nitrogen and oxygen atoms in total. The highest BCUT2D eigenvalue weighted by Crippen LogP contribution is 2.27. The van der Waals surface area contributed by atoms with Crippen LogP contribution in [0.3, 0.4) is 0 Å². The number of nitrogens with zero attached hydrogens (tertiary/aromatic N) is 1. The van der Waals surface area contributed by atoms with Gasteiger partial charge in [-0.2, -0.15) is 0 Å². The first-order valence-electron chi connectivity index (χ1n) is 5.93. The maximum Gasteiger partial charge on any atom is 0.161 e. The molecule has 0 saturated carbocycles. The molecule has 1 aliphatic rings. The number of rotatable bonds is 2. The molecule has 1 aliphatic heterocycles. The Morgan fingerprint density at radius 1 is 1.53 bits per heavy atom. The van der Waals surface area contributed by atoms with Crippen molar-refractivity contribution in [2.45, 2.75) is 32.7 Å². The molecule has 0 aliphatic carbocycles. The van der Waals surface area contributed by atoms with Gasteiger partial charge in [-0.1, -0.05) is 24.8 Å². The maximum atomic E-state index is 4.71. The summed E-state index contributed by atoms with van der Waals surface area (Å²) in [6.07, 6.45) is 2.32. The number of anilines is 1. The van der Waals surface area contributed by atoms with Gasteiger partial charge in [-0.15, -0.1) is 0 Å². The third kappa shape index (κ3) is 3.49. The van der Waals surface area contributed by atoms with Gasteiger partial charge in [-0.3, -0.25) is 4.99 Å². The summed E-state index contributed by atoms with van der Waals surface area (Å²) >= 11 is 5.37. The van der Waals surface area contributed by atoms with Crippen molar-refractivity contribution in [2.24, 2.45) is 4.99 Å². The summed E-state index contributed by atoms with van der Waals surface area (Å²) in [5.41, 5.74) is 2.36. The van der Waals surface area contributed by atoms with Crippen molar-refractivity contribution >= 4 is 38.5 Å². The molecule has 4 heteroatoms. The topological polar surface area (TPSA) is 24.4 Å². The summed E-state index contributed by atoms with van der Waals surface area (Å²) in [5.74, 6) is 1.16. The zero-order chi connectivity index (χ0) is 12.3. The second-order valence-electron chi connectivity index (χ2n) is 4.24. The number of thioether (sulfide) groups is 1. The summed E-state index contributed by atoms with van der Waals surface area (Å²) in [6, 6.07) is 6.80. The van der Waals surface area contributed by atoms with E-state index in [2.05, 4.69) is 53.3 Å². The van der Waals surface area contributed by atoms with E-state index in [0.717, 1.165) is 27.5 Å². The van der Waals surface area contributed by atoms with Gasteiger partial charge in [0.1, 0.15) is 0 Å². The van der Waals surface area contributed by atoms with Gasteiger partial charge >= 0.3 is 0 Å². The van der Waals surface area contributed by atoms with Crippen LogP contribution in [0.4, 0.5) is 5.69 Å². The van der Waals surface area contributed by atoms with E-state index in [-0.39, 0.29) is 0 Å². The van der Waals surface area contributed by atoms with Crippen LogP contribution in [0, 0.1) is 6.92 Å². The van der Waals surface area contributed by atoms with Crippen molar-refractivity contribution in [3.05, 3.63) is 28.2 Å². The minimum atomic E-state index is 0.488. The molecular weight excluding hydrogens is 296 g/mol. The molecule has 1 unspecified atom stereocenters. The van der Waals surface area contributed by atoms with Gasteiger partial charge in [0.2, 0.25) is 0 Å². The van der Waals surface area contributed by atoms with E-state index in [0.29, 0.717) is 6.04 Å². The van der Waals surface area contributed by atoms with Gasteiger partial charge in [0.25, 0.3) is 0 Å². The lowest BCUT2D eigenvalue weighted by molar-refractivity contribution is 0.634. The molecule has 1 aromatic rings. The van der Waals surface area contributed by atoms with Crippen LogP contribution in [-0.4, -0.2) is 17.0 Å². The molecule has 2 rings (SSSR count). The lowest BCUT2D eigenvalue weighted by atomic mass is 10.2. The smallest absolute Gasteiger partial charge is 0.161 e. The van der Waals surface area contributed by atoms with Crippen molar-refractivity contribution in [3.63, 3.8) is 0 Å². The van der Waals surface area contributed by atoms with Crippen LogP contribution in [-0.2, 0) is 0 Å². The fraction of sp³-hybridized carbons (Fsp3) is 0.462. The Morgan fingerprint density at radius 2 is 2.35 bits per heavy atom. The van der Waals surface area contributed by atoms with Crippen LogP contribution in [0.1, 0.15) is 25.3 Å². The lowest BCUT2D eigenvalue weighted by Crippen LogP contribution is -2.19. The van der Waals surface area contributed by atoms with Crippen LogP contribution in [0.2, 0.25) is 0 Å². The van der Waals surface area contributed by atoms with E-state index in [9.17, 15) is 0 Å². The first kappa shape index (κ1) is 13.0. The second-order valence-corrected chi connectivity index (χ2v) is 6.18. The van der Waals surface area contributed by atoms with Gasteiger partial charge in [-0.05, 0) is 53.4 Å². The van der Waals surface area contributed by atoms with Crippen LogP contribution in [0.25, 0.3) is 0 Å². The molecule has 17 heavy (non-hydrogen) atoms. The van der Waals surface area contributed by atoms with E-state index < -0.39 is 0 Å². The zero-order valence-electron chi connectivity index (χ0n) is 10.2. The number of benzene rings is 1. The number of aliphatic imine (C=N–C) groups is 1. The molecule has 92 valence electrons. The Kier molecular flexibility index (Phi) is 4.51. The van der Waals surface area contributed by atoms with Gasteiger partial charge in [-0.25, -0.2) is 0 Å². The average Bonchev–Trinajstić information content (AvgIpc) is 2.34.